The van der Waals surface area contributed by atoms with E-state index in [-0.39, 0.29) is 6.04 Å². The number of aryl methyl sites for hydroxylation is 1. The van der Waals surface area contributed by atoms with E-state index in [9.17, 15) is 8.42 Å². The Hall–Kier alpha value is -0.890. The van der Waals surface area contributed by atoms with Crippen molar-refractivity contribution in [3.63, 3.8) is 0 Å². The lowest BCUT2D eigenvalue weighted by Crippen LogP contribution is -2.41. The summed E-state index contributed by atoms with van der Waals surface area (Å²) in [4.78, 5) is 2.54. The van der Waals surface area contributed by atoms with Crippen LogP contribution in [0.4, 0.5) is 0 Å². The highest BCUT2D eigenvalue weighted by Gasteiger charge is 2.29. The largest absolute Gasteiger partial charge is 0.349 e. The molecule has 1 aromatic heterocycles. The molecule has 1 atom stereocenters. The number of rotatable bonds is 8. The Balaban J connectivity index is 2.02. The van der Waals surface area contributed by atoms with Crippen LogP contribution in [-0.2, 0) is 23.1 Å². The quantitative estimate of drug-likeness (QED) is 0.741. The summed E-state index contributed by atoms with van der Waals surface area (Å²) in [5.74, 6) is 0. The summed E-state index contributed by atoms with van der Waals surface area (Å²) in [6.07, 6.45) is 4.08. The first-order valence-corrected chi connectivity index (χ1v) is 8.98. The average molecular weight is 314 g/mol. The van der Waals surface area contributed by atoms with E-state index in [2.05, 4.69) is 16.7 Å². The van der Waals surface area contributed by atoms with E-state index in [1.807, 2.05) is 18.4 Å². The third-order valence-electron chi connectivity index (χ3n) is 4.21. The van der Waals surface area contributed by atoms with E-state index in [1.54, 1.807) is 12.3 Å². The van der Waals surface area contributed by atoms with Crippen LogP contribution in [0.5, 0.6) is 0 Å². The van der Waals surface area contributed by atoms with Gasteiger partial charge in [0, 0.05) is 43.6 Å². The second kappa shape index (κ2) is 6.48. The van der Waals surface area contributed by atoms with Gasteiger partial charge in [0.1, 0.15) is 0 Å². The lowest BCUT2D eigenvalue weighted by atomic mass is 10.3. The summed E-state index contributed by atoms with van der Waals surface area (Å²) in [7, 11) is -1.42. The molecule has 0 aromatic carbocycles. The minimum absolute atomic E-state index is 0.189. The minimum atomic E-state index is -3.47. The van der Waals surface area contributed by atoms with Crippen molar-refractivity contribution in [2.45, 2.75) is 56.8 Å². The number of nitrogens with two attached hydrogens (primary N) is 1. The maximum absolute atomic E-state index is 12.4. The normalized spacial score (nSPS) is 17.4. The van der Waals surface area contributed by atoms with Gasteiger partial charge in [-0.15, -0.1) is 0 Å². The van der Waals surface area contributed by atoms with Crippen LogP contribution in [0.1, 0.15) is 32.4 Å². The van der Waals surface area contributed by atoms with Crippen molar-refractivity contribution in [3.8, 4) is 0 Å². The second-order valence-electron chi connectivity index (χ2n) is 5.75. The molecule has 6 nitrogen and oxygen atoms in total. The van der Waals surface area contributed by atoms with Crippen molar-refractivity contribution in [2.75, 3.05) is 13.6 Å². The van der Waals surface area contributed by atoms with E-state index in [0.29, 0.717) is 30.6 Å². The van der Waals surface area contributed by atoms with Crippen LogP contribution in [-0.4, -0.2) is 43.6 Å². The zero-order chi connectivity index (χ0) is 15.6. The van der Waals surface area contributed by atoms with Crippen LogP contribution in [0.3, 0.4) is 0 Å². The molecule has 7 heteroatoms. The number of hydrogen-bond donors (Lipinski definition) is 2. The fourth-order valence-corrected chi connectivity index (χ4v) is 3.62. The Morgan fingerprint density at radius 1 is 1.52 bits per heavy atom. The molecule has 1 fully saturated rings. The van der Waals surface area contributed by atoms with Crippen molar-refractivity contribution >= 4 is 10.0 Å². The monoisotopic (exact) mass is 314 g/mol. The molecule has 2 rings (SSSR count). The third kappa shape index (κ3) is 3.85. The van der Waals surface area contributed by atoms with Gasteiger partial charge in [0.15, 0.2) is 0 Å². The van der Waals surface area contributed by atoms with Crippen LogP contribution >= 0.6 is 0 Å². The van der Waals surface area contributed by atoms with Crippen LogP contribution < -0.4 is 10.5 Å². The highest BCUT2D eigenvalue weighted by atomic mass is 32.2. The predicted molar refractivity (Wildman–Crippen MR) is 83.4 cm³/mol. The molecular formula is C14H26N4O2S. The molecule has 1 aromatic rings. The Labute approximate surface area is 127 Å². The van der Waals surface area contributed by atoms with E-state index >= 15 is 0 Å². The summed E-state index contributed by atoms with van der Waals surface area (Å²) >= 11 is 0. The number of sulfonamides is 1. The van der Waals surface area contributed by atoms with Gasteiger partial charge in [-0.3, -0.25) is 4.90 Å². The summed E-state index contributed by atoms with van der Waals surface area (Å²) in [6.45, 7) is 5.48. The molecule has 0 amide bonds. The molecule has 1 heterocycles. The SMILES string of the molecule is CCn1cc(S(=O)(=O)NCC(C)N(C)C2CC2)cc1CN. The van der Waals surface area contributed by atoms with Crippen molar-refractivity contribution < 1.29 is 8.42 Å². The summed E-state index contributed by atoms with van der Waals surface area (Å²) in [5.41, 5.74) is 6.48. The van der Waals surface area contributed by atoms with Crippen LogP contribution in [0, 0.1) is 0 Å². The van der Waals surface area contributed by atoms with E-state index in [0.717, 1.165) is 5.69 Å². The highest BCUT2D eigenvalue weighted by Crippen LogP contribution is 2.26. The lowest BCUT2D eigenvalue weighted by Gasteiger charge is -2.24. The number of nitrogens with zero attached hydrogens (tertiary/aromatic N) is 2. The molecule has 120 valence electrons. The first kappa shape index (κ1) is 16.5. The molecule has 3 N–H and O–H groups in total. The van der Waals surface area contributed by atoms with Gasteiger partial charge in [0.05, 0.1) is 4.90 Å². The van der Waals surface area contributed by atoms with E-state index < -0.39 is 10.0 Å². The summed E-state index contributed by atoms with van der Waals surface area (Å²) < 4.78 is 29.3. The molecule has 1 saturated carbocycles. The Bertz CT molecular complexity index is 556. The number of nitrogens with one attached hydrogen (secondary N) is 1. The van der Waals surface area contributed by atoms with Gasteiger partial charge in [0.2, 0.25) is 10.0 Å². The average Bonchev–Trinajstić information content (AvgIpc) is 3.22. The molecule has 1 unspecified atom stereocenters. The zero-order valence-electron chi connectivity index (χ0n) is 13.0. The first-order valence-electron chi connectivity index (χ1n) is 7.49. The molecular weight excluding hydrogens is 288 g/mol. The zero-order valence-corrected chi connectivity index (χ0v) is 13.9. The summed E-state index contributed by atoms with van der Waals surface area (Å²) in [5, 5.41) is 0. The predicted octanol–water partition coefficient (Wildman–Crippen LogP) is 0.728. The smallest absolute Gasteiger partial charge is 0.242 e. The Morgan fingerprint density at radius 2 is 2.19 bits per heavy atom. The van der Waals surface area contributed by atoms with E-state index in [4.69, 9.17) is 5.73 Å². The minimum Gasteiger partial charge on any atom is -0.349 e. The lowest BCUT2D eigenvalue weighted by molar-refractivity contribution is 0.248. The molecule has 0 saturated heterocycles. The highest BCUT2D eigenvalue weighted by molar-refractivity contribution is 7.89. The molecule has 1 aliphatic carbocycles. The van der Waals surface area contributed by atoms with Gasteiger partial charge in [-0.2, -0.15) is 0 Å². The maximum Gasteiger partial charge on any atom is 0.242 e. The number of likely N-dealkylation sites (N-methyl/N-ethyl adjacent to an activating group) is 1. The van der Waals surface area contributed by atoms with Crippen LogP contribution in [0.2, 0.25) is 0 Å². The molecule has 0 spiro atoms. The first-order chi connectivity index (χ1) is 9.89. The number of aromatic nitrogens is 1. The van der Waals surface area contributed by atoms with Gasteiger partial charge in [0.25, 0.3) is 0 Å². The van der Waals surface area contributed by atoms with Crippen molar-refractivity contribution in [3.05, 3.63) is 18.0 Å². The molecule has 0 aliphatic heterocycles. The molecule has 0 radical (unpaired) electrons. The maximum atomic E-state index is 12.4. The van der Waals surface area contributed by atoms with Gasteiger partial charge >= 0.3 is 0 Å². The standard InChI is InChI=1S/C14H26N4O2S/c1-4-18-10-14(7-13(18)8-15)21(19,20)16-9-11(2)17(3)12-5-6-12/h7,10-12,16H,4-6,8-9,15H2,1-3H3. The second-order valence-corrected chi connectivity index (χ2v) is 7.52. The van der Waals surface area contributed by atoms with Gasteiger partial charge in [-0.25, -0.2) is 13.1 Å². The fraction of sp³-hybridized carbons (Fsp3) is 0.714. The van der Waals surface area contributed by atoms with E-state index in [1.165, 1.54) is 12.8 Å². The molecule has 21 heavy (non-hydrogen) atoms. The van der Waals surface area contributed by atoms with Crippen LogP contribution in [0.25, 0.3) is 0 Å². The van der Waals surface area contributed by atoms with Gasteiger partial charge in [-0.05, 0) is 39.8 Å². The van der Waals surface area contributed by atoms with Crippen molar-refractivity contribution in [2.24, 2.45) is 5.73 Å². The van der Waals surface area contributed by atoms with Gasteiger partial charge in [-0.1, -0.05) is 0 Å². The Morgan fingerprint density at radius 3 is 2.67 bits per heavy atom. The molecule has 0 bridgehead atoms. The van der Waals surface area contributed by atoms with Crippen molar-refractivity contribution in [1.82, 2.24) is 14.2 Å². The topological polar surface area (TPSA) is 80.4 Å². The van der Waals surface area contributed by atoms with Crippen LogP contribution in [0.15, 0.2) is 17.2 Å². The molecule has 1 aliphatic rings. The third-order valence-corrected chi connectivity index (χ3v) is 5.60. The number of hydrogen-bond acceptors (Lipinski definition) is 4. The fourth-order valence-electron chi connectivity index (χ4n) is 2.44. The summed E-state index contributed by atoms with van der Waals surface area (Å²) in [6, 6.07) is 2.46. The van der Waals surface area contributed by atoms with Crippen molar-refractivity contribution in [1.29, 1.82) is 0 Å². The van der Waals surface area contributed by atoms with Gasteiger partial charge < -0.3 is 10.3 Å². The Kier molecular flexibility index (Phi) is 5.08.